The Labute approximate surface area is 679 Å². The van der Waals surface area contributed by atoms with Crippen LogP contribution in [0.3, 0.4) is 0 Å². The van der Waals surface area contributed by atoms with Crippen molar-refractivity contribution in [3.8, 4) is 17.1 Å². The minimum atomic E-state index is -0.140. The molecule has 27 nitrogen and oxygen atoms in total. The molecule has 23 rings (SSSR count). The number of carbonyl (C=O) groups is 3. The topological polar surface area (TPSA) is 265 Å². The predicted molar refractivity (Wildman–Crippen MR) is 456 cm³/mol. The van der Waals surface area contributed by atoms with Crippen LogP contribution in [-0.2, 0) is 90.2 Å². The lowest BCUT2D eigenvalue weighted by atomic mass is 9.87. The summed E-state index contributed by atoms with van der Waals surface area (Å²) in [5.41, 5.74) is 21.1. The molecule has 9 aliphatic heterocycles. The molecule has 0 unspecified atom stereocenters. The molecule has 12 aromatic rings. The Kier molecular flexibility index (Phi) is 17.8. The van der Waals surface area contributed by atoms with Crippen LogP contribution >= 0.6 is 0 Å². The van der Waals surface area contributed by atoms with E-state index in [-0.39, 0.29) is 39.9 Å². The first-order valence-electron chi connectivity index (χ1n) is 41.6. The molecule has 2 spiro atoms. The molecule has 2 fully saturated rings. The van der Waals surface area contributed by atoms with Crippen LogP contribution in [0, 0.1) is 0 Å². The molecule has 11 aliphatic rings. The molecule has 3 amide bonds. The maximum atomic E-state index is 13.6. The zero-order valence-corrected chi connectivity index (χ0v) is 66.5. The van der Waals surface area contributed by atoms with Gasteiger partial charge in [0.05, 0.1) is 56.0 Å². The summed E-state index contributed by atoms with van der Waals surface area (Å²) < 4.78 is 10.7. The molecule has 118 heavy (non-hydrogen) atoms. The average molecular weight is 1570 g/mol. The zero-order valence-electron chi connectivity index (χ0n) is 66.5. The molecule has 15 heterocycles. The average Bonchev–Trinajstić information content (AvgIpc) is 1.21. The van der Waals surface area contributed by atoms with Crippen molar-refractivity contribution in [2.45, 2.75) is 140 Å². The highest BCUT2D eigenvalue weighted by molar-refractivity contribution is 6.03. The summed E-state index contributed by atoms with van der Waals surface area (Å²) in [7, 11) is 6.55. The van der Waals surface area contributed by atoms with Crippen LogP contribution in [0.15, 0.2) is 179 Å². The number of fused-ring (bicyclic) bond motifs is 20. The normalized spacial score (nSPS) is 18.6. The second-order valence-corrected chi connectivity index (χ2v) is 33.6. The third-order valence-corrected chi connectivity index (χ3v) is 25.9. The fourth-order valence-electron chi connectivity index (χ4n) is 19.5. The number of rotatable bonds is 6. The van der Waals surface area contributed by atoms with Crippen LogP contribution < -0.4 is 47.3 Å². The summed E-state index contributed by atoms with van der Waals surface area (Å²) in [5, 5.41) is 11.6. The second-order valence-electron chi connectivity index (χ2n) is 33.6. The van der Waals surface area contributed by atoms with Crippen molar-refractivity contribution < 1.29 is 14.4 Å². The highest BCUT2D eigenvalue weighted by Crippen LogP contribution is 2.55. The van der Waals surface area contributed by atoms with E-state index in [9.17, 15) is 28.8 Å². The minimum absolute atomic E-state index is 0.123. The first-order chi connectivity index (χ1) is 57.5. The van der Waals surface area contributed by atoms with Gasteiger partial charge in [-0.2, -0.15) is 15.0 Å². The van der Waals surface area contributed by atoms with Crippen molar-refractivity contribution in [2.75, 3.05) is 91.1 Å². The van der Waals surface area contributed by atoms with Crippen LogP contribution in [-0.4, -0.2) is 151 Å². The maximum absolute atomic E-state index is 13.6. The third-order valence-electron chi connectivity index (χ3n) is 25.9. The van der Waals surface area contributed by atoms with Crippen molar-refractivity contribution in [3.05, 3.63) is 245 Å². The van der Waals surface area contributed by atoms with Gasteiger partial charge in [0.25, 0.3) is 16.7 Å². The summed E-state index contributed by atoms with van der Waals surface area (Å²) in [4.78, 5) is 120. The van der Waals surface area contributed by atoms with E-state index in [4.69, 9.17) is 15.0 Å². The van der Waals surface area contributed by atoms with Crippen molar-refractivity contribution in [3.63, 3.8) is 0 Å². The molecular formula is C91H91N21O6. The summed E-state index contributed by atoms with van der Waals surface area (Å²) in [6.07, 6.45) is 30.6. The van der Waals surface area contributed by atoms with Crippen LogP contribution in [0.4, 0.5) is 52.0 Å². The van der Waals surface area contributed by atoms with Crippen LogP contribution in [0.1, 0.15) is 114 Å². The lowest BCUT2D eigenvalue weighted by Gasteiger charge is -2.35. The number of hydrogen-bond acceptors (Lipinski definition) is 18. The Bertz CT molecular complexity index is 6500. The lowest BCUT2D eigenvalue weighted by molar-refractivity contribution is -0.118. The SMILES string of the molecule is CN1CCc2ccc(Nc3ncc4c(=O)n5n(c4n3)-c3ccc4c(c3)N(CCCC=CC5)C(=O)C4)cc2C1.CN1CCc2ccc(Nc3ncc4c(=O)n5n(c4n3)-c3ccc4c(c3)N(CCCC=CC5)C(=O)C4)cc2C12CC2.CN1Cc2cc(Nc3ncc4c(=O)n5n(c4n3)-c3ccc4c(c3)N(CCCC=CC5)C(=O)C4)ccc2C2(CC2)C1. The molecule has 2 aliphatic carbocycles. The molecule has 3 N–H and O–H groups in total. The highest BCUT2D eigenvalue weighted by Gasteiger charge is 2.51. The monoisotopic (exact) mass is 1570 g/mol. The molecule has 0 radical (unpaired) electrons. The number of benzene rings is 6. The van der Waals surface area contributed by atoms with Gasteiger partial charge in [0.15, 0.2) is 16.9 Å². The molecule has 6 aromatic heterocycles. The van der Waals surface area contributed by atoms with Gasteiger partial charge in [-0.05, 0) is 221 Å². The van der Waals surface area contributed by atoms with Gasteiger partial charge in [-0.25, -0.2) is 43.0 Å². The third kappa shape index (κ3) is 12.8. The molecule has 596 valence electrons. The Hall–Kier alpha value is -12.7. The molecule has 6 bridgehead atoms. The largest absolute Gasteiger partial charge is 0.324 e. The van der Waals surface area contributed by atoms with Crippen LogP contribution in [0.2, 0.25) is 0 Å². The van der Waals surface area contributed by atoms with E-state index in [1.54, 1.807) is 32.6 Å². The number of nitrogens with one attached hydrogen (secondary N) is 3. The first kappa shape index (κ1) is 72.9. The maximum Gasteiger partial charge on any atom is 0.278 e. The van der Waals surface area contributed by atoms with Gasteiger partial charge in [-0.1, -0.05) is 72.9 Å². The molecule has 0 saturated heterocycles. The number of anilines is 9. The summed E-state index contributed by atoms with van der Waals surface area (Å²) in [6.45, 7) is 8.48. The Morgan fingerprint density at radius 1 is 0.373 bits per heavy atom. The van der Waals surface area contributed by atoms with Gasteiger partial charge in [-0.15, -0.1) is 0 Å². The highest BCUT2D eigenvalue weighted by atomic mass is 16.2. The summed E-state index contributed by atoms with van der Waals surface area (Å²) in [5.74, 6) is 1.70. The number of hydrogen-bond donors (Lipinski definition) is 3. The van der Waals surface area contributed by atoms with Crippen LogP contribution in [0.5, 0.6) is 0 Å². The van der Waals surface area contributed by atoms with Gasteiger partial charge in [0.2, 0.25) is 35.6 Å². The fourth-order valence-corrected chi connectivity index (χ4v) is 19.5. The van der Waals surface area contributed by atoms with Gasteiger partial charge >= 0.3 is 0 Å². The van der Waals surface area contributed by atoms with Crippen molar-refractivity contribution >= 4 is 103 Å². The first-order valence-corrected chi connectivity index (χ1v) is 41.6. The van der Waals surface area contributed by atoms with E-state index >= 15 is 0 Å². The van der Waals surface area contributed by atoms with E-state index in [2.05, 4.69) is 140 Å². The number of amides is 3. The van der Waals surface area contributed by atoms with E-state index in [0.717, 1.165) is 152 Å². The molecule has 0 atom stereocenters. The Morgan fingerprint density at radius 2 is 0.780 bits per heavy atom. The number of carbonyl (C=O) groups excluding carboxylic acids is 3. The van der Waals surface area contributed by atoms with E-state index in [1.165, 1.54) is 59.1 Å². The number of likely N-dealkylation sites (N-methyl/N-ethyl adjacent to an activating group) is 3. The fraction of sp³-hybridized carbons (Fsp3) is 0.341. The van der Waals surface area contributed by atoms with Crippen molar-refractivity contribution in [1.82, 2.24) is 72.7 Å². The molecule has 6 aromatic carbocycles. The van der Waals surface area contributed by atoms with Gasteiger partial charge < -0.3 is 40.4 Å². The lowest BCUT2D eigenvalue weighted by Crippen LogP contribution is -2.38. The molecule has 2 saturated carbocycles. The number of aromatic nitrogens is 12. The zero-order chi connectivity index (χ0) is 79.8. The van der Waals surface area contributed by atoms with E-state index < -0.39 is 0 Å². The predicted octanol–water partition coefficient (Wildman–Crippen LogP) is 11.6. The Balaban J connectivity index is 0.000000110. The summed E-state index contributed by atoms with van der Waals surface area (Å²) >= 11 is 0. The van der Waals surface area contributed by atoms with Crippen molar-refractivity contribution in [2.24, 2.45) is 0 Å². The van der Waals surface area contributed by atoms with Gasteiger partial charge in [0, 0.05) is 116 Å². The quantitative estimate of drug-likeness (QED) is 0.131. The smallest absolute Gasteiger partial charge is 0.278 e. The second kappa shape index (κ2) is 28.9. The summed E-state index contributed by atoms with van der Waals surface area (Å²) in [6, 6.07) is 37.5. The van der Waals surface area contributed by atoms with Gasteiger partial charge in [0.1, 0.15) is 16.2 Å². The number of nitrogens with zero attached hydrogens (tertiary/aromatic N) is 18. The minimum Gasteiger partial charge on any atom is -0.324 e. The number of allylic oxidation sites excluding steroid dienone is 6. The van der Waals surface area contributed by atoms with Crippen LogP contribution in [0.25, 0.3) is 50.2 Å². The van der Waals surface area contributed by atoms with E-state index in [1.807, 2.05) is 102 Å². The standard InChI is InChI=1S/2C31H31N7O2.C29H29N7O2/c1-35-15-10-20-6-8-22(17-25(20)31(35)11-12-31)33-30-32-19-24-28(34-30)38-23-9-7-21-16-27(39)36(26(21)18-23)13-4-2-3-5-14-37(38)29(24)40;1-35-18-21-14-22(7-9-25(21)31(19-35)10-11-31)33-30-32-17-24-28(34-30)38-23-8-6-20-15-27(39)36(26(20)16-23)12-4-2-3-5-13-37(38)29(24)40;1-33-13-10-19-6-8-22(14-21(19)18-33)31-29-30-17-24-27(32-29)36-23-9-7-20-15-26(37)34(25(20)16-23)11-4-2-3-5-12-35(36)28(24)38/h3,5-9,17-19H,2,4,10-16H2,1H3,(H,32,33,34);3,5-9,14,16-17H,2,4,10-13,15,18-19H2,1H3,(H,32,33,34);3,5-9,14,16-17H,2,4,10-13,15,18H2,1H3,(H,30,31,32). The Morgan fingerprint density at radius 3 is 1.23 bits per heavy atom. The van der Waals surface area contributed by atoms with E-state index in [0.29, 0.717) is 115 Å². The van der Waals surface area contributed by atoms with Gasteiger partial charge in [-0.3, -0.25) is 33.7 Å². The molecule has 27 heteroatoms. The molecular weight excluding hydrogens is 1480 g/mol. The van der Waals surface area contributed by atoms with Crippen molar-refractivity contribution in [1.29, 1.82) is 0 Å².